The summed E-state index contributed by atoms with van der Waals surface area (Å²) in [7, 11) is 1.59. The molecule has 1 amide bonds. The third-order valence-electron chi connectivity index (χ3n) is 2.79. The molecule has 0 aliphatic rings. The van der Waals surface area contributed by atoms with Crippen molar-refractivity contribution >= 4 is 35.3 Å². The summed E-state index contributed by atoms with van der Waals surface area (Å²) in [6.07, 6.45) is 1.52. The van der Waals surface area contributed by atoms with Crippen LogP contribution in [-0.2, 0) is 4.79 Å². The number of rotatable bonds is 6. The van der Waals surface area contributed by atoms with Gasteiger partial charge in [-0.1, -0.05) is 29.3 Å². The summed E-state index contributed by atoms with van der Waals surface area (Å²) in [6, 6.07) is 12.2. The average Bonchev–Trinajstić information content (AvgIpc) is 2.57. The molecule has 0 heterocycles. The molecule has 0 aliphatic heterocycles. The van der Waals surface area contributed by atoms with E-state index in [1.165, 1.54) is 6.21 Å². The first-order chi connectivity index (χ1) is 11.1. The Hall–Kier alpha value is -2.24. The Kier molecular flexibility index (Phi) is 6.26. The van der Waals surface area contributed by atoms with Crippen LogP contribution in [0.3, 0.4) is 0 Å². The highest BCUT2D eigenvalue weighted by Gasteiger charge is 2.07. The second-order valence-corrected chi connectivity index (χ2v) is 5.19. The predicted octanol–water partition coefficient (Wildman–Crippen LogP) is 3.53. The van der Waals surface area contributed by atoms with Gasteiger partial charge in [-0.2, -0.15) is 5.10 Å². The summed E-state index contributed by atoms with van der Waals surface area (Å²) in [5.74, 6) is 0.678. The van der Waals surface area contributed by atoms with Crippen molar-refractivity contribution in [3.8, 4) is 11.5 Å². The van der Waals surface area contributed by atoms with Crippen LogP contribution >= 0.6 is 23.2 Å². The van der Waals surface area contributed by atoms with Gasteiger partial charge in [-0.3, -0.25) is 4.79 Å². The summed E-state index contributed by atoms with van der Waals surface area (Å²) in [6.45, 7) is -0.222. The Morgan fingerprint density at radius 1 is 1.22 bits per heavy atom. The van der Waals surface area contributed by atoms with Crippen LogP contribution in [0.5, 0.6) is 11.5 Å². The molecule has 2 rings (SSSR count). The lowest BCUT2D eigenvalue weighted by Gasteiger charge is -2.07. The number of nitrogens with zero attached hydrogens (tertiary/aromatic N) is 1. The van der Waals surface area contributed by atoms with E-state index in [9.17, 15) is 4.79 Å². The third-order valence-corrected chi connectivity index (χ3v) is 3.60. The molecular weight excluding hydrogens is 339 g/mol. The summed E-state index contributed by atoms with van der Waals surface area (Å²) < 4.78 is 10.3. The first-order valence-corrected chi connectivity index (χ1v) is 7.38. The van der Waals surface area contributed by atoms with E-state index in [-0.39, 0.29) is 11.6 Å². The number of hydrazone groups is 1. The highest BCUT2D eigenvalue weighted by atomic mass is 35.5. The second-order valence-electron chi connectivity index (χ2n) is 4.41. The minimum Gasteiger partial charge on any atom is -0.497 e. The molecule has 7 heteroatoms. The van der Waals surface area contributed by atoms with Gasteiger partial charge in [-0.05, 0) is 42.0 Å². The highest BCUT2D eigenvalue weighted by molar-refractivity contribution is 6.42. The van der Waals surface area contributed by atoms with Gasteiger partial charge in [0.1, 0.15) is 16.5 Å². The summed E-state index contributed by atoms with van der Waals surface area (Å²) >= 11 is 11.8. The molecule has 2 aromatic carbocycles. The topological polar surface area (TPSA) is 59.9 Å². The van der Waals surface area contributed by atoms with E-state index < -0.39 is 5.91 Å². The molecule has 23 heavy (non-hydrogen) atoms. The molecule has 0 atom stereocenters. The van der Waals surface area contributed by atoms with E-state index >= 15 is 0 Å². The van der Waals surface area contributed by atoms with Gasteiger partial charge in [-0.15, -0.1) is 0 Å². The summed E-state index contributed by atoms with van der Waals surface area (Å²) in [4.78, 5) is 11.7. The van der Waals surface area contributed by atoms with Crippen molar-refractivity contribution in [2.45, 2.75) is 0 Å². The lowest BCUT2D eigenvalue weighted by atomic mass is 10.2. The fourth-order valence-electron chi connectivity index (χ4n) is 1.64. The molecule has 0 saturated carbocycles. The summed E-state index contributed by atoms with van der Waals surface area (Å²) in [5.41, 5.74) is 3.19. The molecule has 0 aromatic heterocycles. The highest BCUT2D eigenvalue weighted by Crippen LogP contribution is 2.31. The molecule has 0 aliphatic carbocycles. The van der Waals surface area contributed by atoms with Gasteiger partial charge in [0, 0.05) is 0 Å². The van der Waals surface area contributed by atoms with Crippen molar-refractivity contribution in [3.63, 3.8) is 0 Å². The first-order valence-electron chi connectivity index (χ1n) is 6.63. The monoisotopic (exact) mass is 352 g/mol. The molecule has 0 bridgehead atoms. The van der Waals surface area contributed by atoms with Crippen molar-refractivity contribution < 1.29 is 14.3 Å². The number of carbonyl (C=O) groups excluding carboxylic acids is 1. The lowest BCUT2D eigenvalue weighted by Crippen LogP contribution is -2.24. The smallest absolute Gasteiger partial charge is 0.277 e. The molecule has 0 spiro atoms. The van der Waals surface area contributed by atoms with E-state index in [4.69, 9.17) is 32.7 Å². The van der Waals surface area contributed by atoms with Gasteiger partial charge < -0.3 is 9.47 Å². The second kappa shape index (κ2) is 8.41. The molecule has 120 valence electrons. The zero-order valence-electron chi connectivity index (χ0n) is 12.3. The van der Waals surface area contributed by atoms with Gasteiger partial charge in [0.15, 0.2) is 6.61 Å². The normalized spacial score (nSPS) is 10.6. The van der Waals surface area contributed by atoms with Crippen LogP contribution in [0.15, 0.2) is 47.6 Å². The number of benzene rings is 2. The molecule has 0 saturated heterocycles. The zero-order valence-corrected chi connectivity index (χ0v) is 13.8. The van der Waals surface area contributed by atoms with Crippen LogP contribution in [0.25, 0.3) is 0 Å². The Morgan fingerprint density at radius 3 is 2.65 bits per heavy atom. The minimum absolute atomic E-state index is 0.222. The van der Waals surface area contributed by atoms with Crippen LogP contribution < -0.4 is 14.9 Å². The molecule has 0 radical (unpaired) electrons. The lowest BCUT2D eigenvalue weighted by molar-refractivity contribution is -0.123. The fraction of sp³-hybridized carbons (Fsp3) is 0.125. The molecule has 0 fully saturated rings. The number of ether oxygens (including phenoxy) is 2. The van der Waals surface area contributed by atoms with Gasteiger partial charge >= 0.3 is 0 Å². The van der Waals surface area contributed by atoms with E-state index in [1.54, 1.807) is 37.4 Å². The van der Waals surface area contributed by atoms with Crippen molar-refractivity contribution in [1.29, 1.82) is 0 Å². The van der Waals surface area contributed by atoms with Crippen LogP contribution in [0.2, 0.25) is 10.0 Å². The number of carbonyl (C=O) groups is 1. The van der Waals surface area contributed by atoms with E-state index in [0.717, 1.165) is 11.3 Å². The molecule has 0 unspecified atom stereocenters. The van der Waals surface area contributed by atoms with E-state index in [2.05, 4.69) is 10.5 Å². The third kappa shape index (κ3) is 5.16. The minimum atomic E-state index is -0.411. The number of methoxy groups -OCH3 is 1. The molecule has 2 aromatic rings. The van der Waals surface area contributed by atoms with Gasteiger partial charge in [0.05, 0.1) is 18.3 Å². The maximum atomic E-state index is 11.7. The summed E-state index contributed by atoms with van der Waals surface area (Å²) in [5, 5.41) is 4.48. The molecule has 1 N–H and O–H groups in total. The van der Waals surface area contributed by atoms with Crippen molar-refractivity contribution in [1.82, 2.24) is 5.43 Å². The van der Waals surface area contributed by atoms with Gasteiger partial charge in [0.2, 0.25) is 0 Å². The van der Waals surface area contributed by atoms with Crippen LogP contribution in [0.4, 0.5) is 0 Å². The Morgan fingerprint density at radius 2 is 1.96 bits per heavy atom. The number of nitrogens with one attached hydrogen (secondary N) is 1. The number of amides is 1. The average molecular weight is 353 g/mol. The van der Waals surface area contributed by atoms with E-state index in [1.807, 2.05) is 12.1 Å². The predicted molar refractivity (Wildman–Crippen MR) is 90.7 cm³/mol. The number of hydrogen-bond acceptors (Lipinski definition) is 4. The quantitative estimate of drug-likeness (QED) is 0.638. The maximum Gasteiger partial charge on any atom is 0.277 e. The number of hydrogen-bond donors (Lipinski definition) is 1. The van der Waals surface area contributed by atoms with Crippen molar-refractivity contribution in [2.24, 2.45) is 5.10 Å². The Labute approximate surface area is 143 Å². The van der Waals surface area contributed by atoms with Crippen molar-refractivity contribution in [2.75, 3.05) is 13.7 Å². The van der Waals surface area contributed by atoms with Gasteiger partial charge in [-0.25, -0.2) is 5.43 Å². The molecular formula is C16H14Cl2N2O3. The standard InChI is InChI=1S/C16H14Cl2N2O3/c1-22-12-7-5-11(6-8-12)9-19-20-15(21)10-23-14-4-2-3-13(17)16(14)18/h2-9H,10H2,1H3,(H,20,21)/b19-9+. The largest absolute Gasteiger partial charge is 0.497 e. The maximum absolute atomic E-state index is 11.7. The van der Waals surface area contributed by atoms with Crippen LogP contribution in [0.1, 0.15) is 5.56 Å². The van der Waals surface area contributed by atoms with Crippen LogP contribution in [0, 0.1) is 0 Å². The SMILES string of the molecule is COc1ccc(/C=N/NC(=O)COc2cccc(Cl)c2Cl)cc1. The fourth-order valence-corrected chi connectivity index (χ4v) is 1.99. The molecule has 5 nitrogen and oxygen atoms in total. The number of halogens is 2. The Bertz CT molecular complexity index is 703. The van der Waals surface area contributed by atoms with Gasteiger partial charge in [0.25, 0.3) is 5.91 Å². The van der Waals surface area contributed by atoms with Crippen LogP contribution in [-0.4, -0.2) is 25.8 Å². The first kappa shape index (κ1) is 17.1. The van der Waals surface area contributed by atoms with Crippen molar-refractivity contribution in [3.05, 3.63) is 58.1 Å². The Balaban J connectivity index is 1.82. The zero-order chi connectivity index (χ0) is 16.7. The van der Waals surface area contributed by atoms with E-state index in [0.29, 0.717) is 10.8 Å².